The average Bonchev–Trinajstić information content (AvgIpc) is 3.12. The lowest BCUT2D eigenvalue weighted by Gasteiger charge is -2.32. The van der Waals surface area contributed by atoms with Crippen LogP contribution >= 0.6 is 0 Å². The van der Waals surface area contributed by atoms with E-state index in [1.165, 1.54) is 5.56 Å². The largest absolute Gasteiger partial charge is 0.480 e. The molecule has 0 radical (unpaired) electrons. The van der Waals surface area contributed by atoms with E-state index >= 15 is 0 Å². The first kappa shape index (κ1) is 40.0. The number of rotatable bonds is 14. The first-order valence-electron chi connectivity index (χ1n) is 16.8. The van der Waals surface area contributed by atoms with Crippen LogP contribution in [0.2, 0.25) is 0 Å². The van der Waals surface area contributed by atoms with Gasteiger partial charge in [-0.2, -0.15) is 0 Å². The molecule has 1 heterocycles. The highest BCUT2D eigenvalue weighted by atomic mass is 16.5. The molecule has 0 bridgehead atoms. The summed E-state index contributed by atoms with van der Waals surface area (Å²) in [5, 5.41) is 9.40. The fourth-order valence-electron chi connectivity index (χ4n) is 5.21. The van der Waals surface area contributed by atoms with Gasteiger partial charge in [-0.15, -0.1) is 0 Å². The van der Waals surface area contributed by atoms with Crippen molar-refractivity contribution in [2.75, 3.05) is 85.6 Å². The van der Waals surface area contributed by atoms with E-state index in [9.17, 15) is 24.3 Å². The molecule has 12 nitrogen and oxygen atoms in total. The lowest BCUT2D eigenvalue weighted by molar-refractivity contribution is -0.148. The predicted octanol–water partition coefficient (Wildman–Crippen LogP) is 2.81. The molecule has 0 amide bonds. The summed E-state index contributed by atoms with van der Waals surface area (Å²) < 4.78 is 15.9. The van der Waals surface area contributed by atoms with Gasteiger partial charge in [0.15, 0.2) is 0 Å². The molecule has 50 heavy (non-hydrogen) atoms. The molecule has 1 aliphatic heterocycles. The lowest BCUT2D eigenvalue weighted by Crippen LogP contribution is -2.48. The van der Waals surface area contributed by atoms with E-state index in [4.69, 9.17) is 14.2 Å². The van der Waals surface area contributed by atoms with Crippen LogP contribution in [0.3, 0.4) is 0 Å². The van der Waals surface area contributed by atoms with Gasteiger partial charge < -0.3 is 24.1 Å². The van der Waals surface area contributed by atoms with Crippen molar-refractivity contribution < 1.29 is 38.5 Å². The number of carboxylic acids is 1. The molecule has 0 saturated carbocycles. The Morgan fingerprint density at radius 3 is 1.24 bits per heavy atom. The third kappa shape index (κ3) is 17.3. The first-order chi connectivity index (χ1) is 24.3. The second-order valence-electron chi connectivity index (χ2n) is 11.9. The third-order valence-corrected chi connectivity index (χ3v) is 7.97. The summed E-state index contributed by atoms with van der Waals surface area (Å²) >= 11 is 0. The van der Waals surface area contributed by atoms with Crippen LogP contribution in [-0.4, -0.2) is 135 Å². The minimum absolute atomic E-state index is 0.0390. The fourth-order valence-corrected chi connectivity index (χ4v) is 5.21. The van der Waals surface area contributed by atoms with E-state index in [-0.39, 0.29) is 51.3 Å². The summed E-state index contributed by atoms with van der Waals surface area (Å²) in [5.74, 6) is -1.67. The Kier molecular flexibility index (Phi) is 19.0. The van der Waals surface area contributed by atoms with Crippen LogP contribution < -0.4 is 0 Å². The molecule has 4 rings (SSSR count). The summed E-state index contributed by atoms with van der Waals surface area (Å²) in [7, 11) is 1.70. The molecule has 0 unspecified atom stereocenters. The lowest BCUT2D eigenvalue weighted by atomic mass is 10.2. The number of carboxylic acid groups (broad SMARTS) is 1. The molecule has 0 aliphatic carbocycles. The van der Waals surface area contributed by atoms with Crippen molar-refractivity contribution in [3.63, 3.8) is 0 Å². The molecule has 3 aromatic rings. The number of hydrogen-bond acceptors (Lipinski definition) is 11. The molecule has 270 valence electrons. The normalized spacial score (nSPS) is 15.4. The maximum absolute atomic E-state index is 12.7. The van der Waals surface area contributed by atoms with Gasteiger partial charge in [0.2, 0.25) is 0 Å². The van der Waals surface area contributed by atoms with Gasteiger partial charge >= 0.3 is 17.9 Å². The maximum atomic E-state index is 12.7. The van der Waals surface area contributed by atoms with Gasteiger partial charge in [-0.3, -0.25) is 34.0 Å². The number of nitrogens with zero attached hydrogens (tertiary/aromatic N) is 4. The van der Waals surface area contributed by atoms with Crippen LogP contribution in [0.15, 0.2) is 91.0 Å². The van der Waals surface area contributed by atoms with E-state index < -0.39 is 5.97 Å². The zero-order valence-corrected chi connectivity index (χ0v) is 28.9. The highest BCUT2D eigenvalue weighted by molar-refractivity contribution is 5.72. The van der Waals surface area contributed by atoms with E-state index in [1.54, 1.807) is 7.11 Å². The number of aldehydes is 1. The maximum Gasteiger partial charge on any atom is 0.320 e. The number of esters is 2. The zero-order valence-electron chi connectivity index (χ0n) is 28.9. The van der Waals surface area contributed by atoms with Crippen LogP contribution in [-0.2, 0) is 53.2 Å². The fraction of sp³-hybridized carbons (Fsp3) is 0.421. The standard InChI is InChI=1S/C30H40N4O7.C8H10O/c35-20-19-31-11-13-32(21-28(36)37)15-16-34(23-30(39)41-25-27-9-5-2-6-10-27)18-17-33(14-12-31)22-29(38)40-24-26-7-3-1-4-8-26;1-9-7-8-5-3-2-4-6-8/h1-10,20H,11-19,21-25H2,(H,36,37);2-6H,7H2,1H3. The molecule has 1 aliphatic rings. The van der Waals surface area contributed by atoms with Crippen molar-refractivity contribution in [2.24, 2.45) is 0 Å². The van der Waals surface area contributed by atoms with Crippen LogP contribution in [0, 0.1) is 0 Å². The van der Waals surface area contributed by atoms with Crippen LogP contribution in [0.1, 0.15) is 16.7 Å². The molecule has 1 N–H and O–H groups in total. The van der Waals surface area contributed by atoms with Gasteiger partial charge in [0, 0.05) is 59.5 Å². The molecule has 1 saturated heterocycles. The summed E-state index contributed by atoms with van der Waals surface area (Å²) in [4.78, 5) is 55.8. The van der Waals surface area contributed by atoms with Gasteiger partial charge in [0.25, 0.3) is 0 Å². The van der Waals surface area contributed by atoms with Crippen LogP contribution in [0.5, 0.6) is 0 Å². The van der Waals surface area contributed by atoms with E-state index in [2.05, 4.69) is 0 Å². The second kappa shape index (κ2) is 23.8. The van der Waals surface area contributed by atoms with Crippen molar-refractivity contribution in [3.8, 4) is 0 Å². The average molecular weight is 691 g/mol. The van der Waals surface area contributed by atoms with E-state index in [0.29, 0.717) is 59.0 Å². The Morgan fingerprint density at radius 2 is 0.900 bits per heavy atom. The highest BCUT2D eigenvalue weighted by Gasteiger charge is 2.21. The Balaban J connectivity index is 0.000000650. The molecular formula is C38H50N4O8. The number of methoxy groups -OCH3 is 1. The van der Waals surface area contributed by atoms with Crippen LogP contribution in [0.25, 0.3) is 0 Å². The predicted molar refractivity (Wildman–Crippen MR) is 189 cm³/mol. The SMILES string of the molecule is COCc1ccccc1.O=CCN1CCN(CC(=O)O)CCN(CC(=O)OCc2ccccc2)CCN(CC(=O)OCc2ccccc2)CC1. The number of ether oxygens (including phenoxy) is 3. The quantitative estimate of drug-likeness (QED) is 0.197. The zero-order chi connectivity index (χ0) is 35.8. The van der Waals surface area contributed by atoms with E-state index in [0.717, 1.165) is 17.4 Å². The van der Waals surface area contributed by atoms with Gasteiger partial charge in [-0.25, -0.2) is 0 Å². The van der Waals surface area contributed by atoms with Gasteiger partial charge in [-0.1, -0.05) is 91.0 Å². The molecular weight excluding hydrogens is 640 g/mol. The summed E-state index contributed by atoms with van der Waals surface area (Å²) in [6, 6.07) is 29.0. The number of aliphatic carboxylic acids is 1. The summed E-state index contributed by atoms with van der Waals surface area (Å²) in [6.07, 6.45) is 0.828. The summed E-state index contributed by atoms with van der Waals surface area (Å²) in [6.45, 7) is 5.01. The number of hydrogen-bond donors (Lipinski definition) is 1. The van der Waals surface area contributed by atoms with Gasteiger partial charge in [0.05, 0.1) is 32.8 Å². The number of carbonyl (C=O) groups excluding carboxylic acids is 3. The molecule has 3 aromatic carbocycles. The Labute approximate surface area is 295 Å². The smallest absolute Gasteiger partial charge is 0.320 e. The van der Waals surface area contributed by atoms with Crippen molar-refractivity contribution in [1.82, 2.24) is 19.6 Å². The minimum Gasteiger partial charge on any atom is -0.480 e. The summed E-state index contributed by atoms with van der Waals surface area (Å²) in [5.41, 5.74) is 3.01. The van der Waals surface area contributed by atoms with Gasteiger partial charge in [0.1, 0.15) is 19.5 Å². The molecule has 12 heteroatoms. The molecule has 0 spiro atoms. The monoisotopic (exact) mass is 690 g/mol. The molecule has 0 aromatic heterocycles. The van der Waals surface area contributed by atoms with Crippen molar-refractivity contribution in [2.45, 2.75) is 19.8 Å². The van der Waals surface area contributed by atoms with Crippen molar-refractivity contribution in [3.05, 3.63) is 108 Å². The molecule has 1 fully saturated rings. The Hall–Kier alpha value is -4.46. The topological polar surface area (TPSA) is 129 Å². The highest BCUT2D eigenvalue weighted by Crippen LogP contribution is 2.06. The third-order valence-electron chi connectivity index (χ3n) is 7.97. The van der Waals surface area contributed by atoms with Crippen molar-refractivity contribution in [1.29, 1.82) is 0 Å². The Bertz CT molecular complexity index is 1400. The van der Waals surface area contributed by atoms with Gasteiger partial charge in [-0.05, 0) is 16.7 Å². The minimum atomic E-state index is -0.937. The van der Waals surface area contributed by atoms with Crippen molar-refractivity contribution >= 4 is 24.2 Å². The van der Waals surface area contributed by atoms with E-state index in [1.807, 2.05) is 111 Å². The number of carbonyl (C=O) groups is 4. The molecule has 0 atom stereocenters. The Morgan fingerprint density at radius 1 is 0.560 bits per heavy atom. The second-order valence-corrected chi connectivity index (χ2v) is 11.9. The number of benzene rings is 3. The first-order valence-corrected chi connectivity index (χ1v) is 16.8. The van der Waals surface area contributed by atoms with Crippen LogP contribution in [0.4, 0.5) is 0 Å².